The van der Waals surface area contributed by atoms with Crippen molar-refractivity contribution >= 4 is 27.5 Å². The number of aryl methyl sites for hydroxylation is 1. The Hall–Kier alpha value is -2.18. The molecule has 0 N–H and O–H groups in total. The normalized spacial score (nSPS) is 18.7. The summed E-state index contributed by atoms with van der Waals surface area (Å²) in [4.78, 5) is 14.3. The van der Waals surface area contributed by atoms with Gasteiger partial charge in [-0.15, -0.1) is 0 Å². The molecule has 1 fully saturated rings. The molecule has 4 rings (SSSR count). The Morgan fingerprint density at radius 1 is 1.21 bits per heavy atom. The predicted octanol–water partition coefficient (Wildman–Crippen LogP) is 6.08. The maximum atomic E-state index is 12.5. The summed E-state index contributed by atoms with van der Waals surface area (Å²) in [7, 11) is 1.41. The molecule has 2 aromatic carbocycles. The number of nitrogens with zero attached hydrogens (tertiary/aromatic N) is 1. The number of fused-ring (bicyclic) bond motifs is 1. The molecule has 0 spiro atoms. The third-order valence-electron chi connectivity index (χ3n) is 6.59. The monoisotopic (exact) mass is 515 g/mol. The van der Waals surface area contributed by atoms with Gasteiger partial charge in [0.15, 0.2) is 0 Å². The molecule has 2 aliphatic rings. The van der Waals surface area contributed by atoms with Crippen LogP contribution < -0.4 is 4.74 Å². The number of carbonyl (C=O) groups is 1. The minimum atomic E-state index is -0.310. The van der Waals surface area contributed by atoms with Gasteiger partial charge in [0.2, 0.25) is 0 Å². The van der Waals surface area contributed by atoms with Crippen LogP contribution in [-0.2, 0) is 11.2 Å². The zero-order chi connectivity index (χ0) is 23.4. The number of benzene rings is 2. The van der Waals surface area contributed by atoms with Crippen LogP contribution in [0.3, 0.4) is 0 Å². The maximum Gasteiger partial charge on any atom is 0.337 e. The maximum absolute atomic E-state index is 12.5. The van der Waals surface area contributed by atoms with Gasteiger partial charge in [0.25, 0.3) is 0 Å². The van der Waals surface area contributed by atoms with E-state index < -0.39 is 0 Å². The van der Waals surface area contributed by atoms with Crippen LogP contribution >= 0.6 is 15.9 Å². The molecule has 176 valence electrons. The van der Waals surface area contributed by atoms with E-state index in [1.54, 1.807) is 0 Å². The molecule has 0 aromatic heterocycles. The van der Waals surface area contributed by atoms with Crippen molar-refractivity contribution in [3.8, 4) is 5.75 Å². The average Bonchev–Trinajstić information content (AvgIpc) is 3.20. The quantitative estimate of drug-likeness (QED) is 0.418. The molecule has 2 aromatic rings. The largest absolute Gasteiger partial charge is 0.489 e. The Kier molecular flexibility index (Phi) is 7.86. The van der Waals surface area contributed by atoms with E-state index in [4.69, 9.17) is 9.47 Å². The summed E-state index contributed by atoms with van der Waals surface area (Å²) in [6.07, 6.45) is 4.52. The topological polar surface area (TPSA) is 38.8 Å². The zero-order valence-corrected chi connectivity index (χ0v) is 20.9. The lowest BCUT2D eigenvalue weighted by molar-refractivity contribution is 0.0600. The van der Waals surface area contributed by atoms with Crippen LogP contribution in [0.25, 0.3) is 5.57 Å². The molecule has 1 heterocycles. The molecule has 0 unspecified atom stereocenters. The van der Waals surface area contributed by atoms with Crippen LogP contribution in [-0.4, -0.2) is 50.4 Å². The molecular weight excluding hydrogens is 485 g/mol. The molecule has 0 bridgehead atoms. The van der Waals surface area contributed by atoms with Crippen LogP contribution in [0.4, 0.5) is 4.39 Å². The first-order valence-corrected chi connectivity index (χ1v) is 12.5. The van der Waals surface area contributed by atoms with Crippen molar-refractivity contribution in [3.05, 3.63) is 68.7 Å². The van der Waals surface area contributed by atoms with E-state index in [1.807, 2.05) is 30.3 Å². The molecule has 33 heavy (non-hydrogen) atoms. The number of rotatable bonds is 7. The number of halogens is 2. The number of hydrogen-bond donors (Lipinski definition) is 0. The second kappa shape index (κ2) is 10.8. The van der Waals surface area contributed by atoms with Gasteiger partial charge in [-0.05, 0) is 85.1 Å². The number of ether oxygens (including phenoxy) is 2. The number of esters is 1. The molecule has 0 radical (unpaired) electrons. The molecule has 1 aliphatic carbocycles. The van der Waals surface area contributed by atoms with E-state index in [1.165, 1.54) is 11.6 Å². The molecule has 6 heteroatoms. The van der Waals surface area contributed by atoms with Gasteiger partial charge in [0, 0.05) is 24.1 Å². The third-order valence-corrected chi connectivity index (χ3v) is 7.39. The summed E-state index contributed by atoms with van der Waals surface area (Å²) in [5, 5.41) is 0. The first kappa shape index (κ1) is 24.0. The van der Waals surface area contributed by atoms with Crippen LogP contribution in [0.1, 0.15) is 58.3 Å². The predicted molar refractivity (Wildman–Crippen MR) is 133 cm³/mol. The van der Waals surface area contributed by atoms with E-state index in [0.29, 0.717) is 12.0 Å². The number of allylic oxidation sites excluding steroid dienone is 1. The van der Waals surface area contributed by atoms with Gasteiger partial charge < -0.3 is 9.47 Å². The number of carbonyl (C=O) groups excluding carboxylic acids is 1. The van der Waals surface area contributed by atoms with Crippen molar-refractivity contribution < 1.29 is 18.7 Å². The van der Waals surface area contributed by atoms with E-state index in [0.717, 1.165) is 78.9 Å². The van der Waals surface area contributed by atoms with Gasteiger partial charge in [-0.1, -0.05) is 34.1 Å². The van der Waals surface area contributed by atoms with E-state index in [-0.39, 0.29) is 18.7 Å². The third kappa shape index (κ3) is 5.33. The number of hydrogen-bond acceptors (Lipinski definition) is 4. The van der Waals surface area contributed by atoms with Crippen LogP contribution in [0.5, 0.6) is 5.75 Å². The molecule has 0 amide bonds. The average molecular weight is 516 g/mol. The Morgan fingerprint density at radius 2 is 2.06 bits per heavy atom. The van der Waals surface area contributed by atoms with Crippen molar-refractivity contribution in [2.24, 2.45) is 0 Å². The Morgan fingerprint density at radius 3 is 2.85 bits per heavy atom. The zero-order valence-electron chi connectivity index (χ0n) is 19.3. The summed E-state index contributed by atoms with van der Waals surface area (Å²) in [6, 6.07) is 12.1. The highest BCUT2D eigenvalue weighted by Gasteiger charge is 2.26. The van der Waals surface area contributed by atoms with Gasteiger partial charge in [-0.2, -0.15) is 0 Å². The highest BCUT2D eigenvalue weighted by atomic mass is 79.9. The Labute approximate surface area is 203 Å². The van der Waals surface area contributed by atoms with Gasteiger partial charge in [-0.3, -0.25) is 9.29 Å². The van der Waals surface area contributed by atoms with Crippen LogP contribution in [0.15, 0.2) is 40.9 Å². The molecule has 0 saturated carbocycles. The molecule has 1 aliphatic heterocycles. The number of alkyl halides is 1. The fraction of sp³-hybridized carbons (Fsp3) is 0.444. The highest BCUT2D eigenvalue weighted by molar-refractivity contribution is 9.11. The van der Waals surface area contributed by atoms with E-state index >= 15 is 0 Å². The lowest BCUT2D eigenvalue weighted by atomic mass is 9.90. The number of methoxy groups -OCH3 is 1. The second-order valence-electron chi connectivity index (χ2n) is 8.80. The molecule has 1 atom stereocenters. The smallest absolute Gasteiger partial charge is 0.337 e. The summed E-state index contributed by atoms with van der Waals surface area (Å²) < 4.78 is 25.0. The minimum absolute atomic E-state index is 0.125. The SMILES string of the molecule is COC(=O)c1ccc2c(c1)CCCC(Br)=C2c1cccc(O[C@@H]2CCN(CCCF)C2)c1C. The van der Waals surface area contributed by atoms with Crippen LogP contribution in [0, 0.1) is 6.92 Å². The van der Waals surface area contributed by atoms with Crippen molar-refractivity contribution in [2.75, 3.05) is 33.4 Å². The minimum Gasteiger partial charge on any atom is -0.489 e. The first-order chi connectivity index (χ1) is 16.0. The number of likely N-dealkylation sites (tertiary alicyclic amines) is 1. The van der Waals surface area contributed by atoms with Gasteiger partial charge >= 0.3 is 5.97 Å². The molecule has 4 nitrogen and oxygen atoms in total. The van der Waals surface area contributed by atoms with Crippen molar-refractivity contribution in [1.82, 2.24) is 4.90 Å². The van der Waals surface area contributed by atoms with E-state index in [9.17, 15) is 9.18 Å². The van der Waals surface area contributed by atoms with E-state index in [2.05, 4.69) is 33.8 Å². The van der Waals surface area contributed by atoms with Gasteiger partial charge in [0.1, 0.15) is 11.9 Å². The summed E-state index contributed by atoms with van der Waals surface area (Å²) >= 11 is 3.86. The van der Waals surface area contributed by atoms with Gasteiger partial charge in [0.05, 0.1) is 19.3 Å². The molecular formula is C27H31BrFNO3. The highest BCUT2D eigenvalue weighted by Crippen LogP contribution is 2.41. The Balaban J connectivity index is 1.63. The lowest BCUT2D eigenvalue weighted by Crippen LogP contribution is -2.26. The first-order valence-electron chi connectivity index (χ1n) is 11.7. The summed E-state index contributed by atoms with van der Waals surface area (Å²) in [5.41, 5.74) is 6.30. The summed E-state index contributed by atoms with van der Waals surface area (Å²) in [6.45, 7) is 4.43. The van der Waals surface area contributed by atoms with Gasteiger partial charge in [-0.25, -0.2) is 4.79 Å². The molecule has 1 saturated heterocycles. The van der Waals surface area contributed by atoms with Crippen molar-refractivity contribution in [2.45, 2.75) is 45.1 Å². The van der Waals surface area contributed by atoms with Crippen molar-refractivity contribution in [1.29, 1.82) is 0 Å². The Bertz CT molecular complexity index is 1050. The fourth-order valence-corrected chi connectivity index (χ4v) is 5.57. The summed E-state index contributed by atoms with van der Waals surface area (Å²) in [5.74, 6) is 0.588. The lowest BCUT2D eigenvalue weighted by Gasteiger charge is -2.21. The second-order valence-corrected chi connectivity index (χ2v) is 9.75. The van der Waals surface area contributed by atoms with Crippen molar-refractivity contribution in [3.63, 3.8) is 0 Å². The standard InChI is InChI=1S/C27H31BrFNO3/c1-18-22(7-4-9-25(18)33-21-12-15-30(17-21)14-5-13-29)26-23-11-10-20(27(31)32-2)16-19(23)6-3-8-24(26)28/h4,7,9-11,16,21H,3,5-6,8,12-15,17H2,1-2H3/t21-/m1/s1. The fourth-order valence-electron chi connectivity index (χ4n) is 4.86. The van der Waals surface area contributed by atoms with Crippen LogP contribution in [0.2, 0.25) is 0 Å².